The first kappa shape index (κ1) is 24.7. The second-order valence-electron chi connectivity index (χ2n) is 10.2. The minimum Gasteiger partial charge on any atom is -0.461 e. The summed E-state index contributed by atoms with van der Waals surface area (Å²) in [5, 5.41) is 9.35. The van der Waals surface area contributed by atoms with Crippen LogP contribution in [0.2, 0.25) is 0 Å². The zero-order valence-electron chi connectivity index (χ0n) is 21.1. The Balaban J connectivity index is 1.66. The quantitative estimate of drug-likeness (QED) is 0.371. The van der Waals surface area contributed by atoms with E-state index in [1.165, 1.54) is 0 Å². The number of aliphatic hydroxyl groups excluding tert-OH is 1. The molecule has 1 aromatic carbocycles. The number of amides is 2. The van der Waals surface area contributed by atoms with Gasteiger partial charge >= 0.3 is 5.97 Å². The molecule has 0 bridgehead atoms. The molecule has 1 spiro atoms. The topological polar surface area (TPSA) is 96.4 Å². The Morgan fingerprint density at radius 2 is 1.78 bits per heavy atom. The number of rotatable bonds is 6. The fourth-order valence-electron chi connectivity index (χ4n) is 6.66. The van der Waals surface area contributed by atoms with Crippen molar-refractivity contribution in [1.29, 1.82) is 0 Å². The maximum Gasteiger partial charge on any atom is 0.313 e. The van der Waals surface area contributed by atoms with Crippen LogP contribution in [-0.4, -0.2) is 71.3 Å². The van der Waals surface area contributed by atoms with Crippen LogP contribution in [0.4, 0.5) is 5.69 Å². The molecule has 0 aromatic heterocycles. The van der Waals surface area contributed by atoms with Crippen molar-refractivity contribution in [2.24, 2.45) is 11.8 Å². The zero-order chi connectivity index (χ0) is 25.7. The van der Waals surface area contributed by atoms with Gasteiger partial charge in [-0.05, 0) is 50.3 Å². The molecule has 4 heterocycles. The Morgan fingerprint density at radius 3 is 2.47 bits per heavy atom. The lowest BCUT2D eigenvalue weighted by Gasteiger charge is -2.38. The van der Waals surface area contributed by atoms with Crippen LogP contribution < -0.4 is 4.90 Å². The Kier molecular flexibility index (Phi) is 6.29. The van der Waals surface area contributed by atoms with Gasteiger partial charge in [0.1, 0.15) is 29.8 Å². The lowest BCUT2D eigenvalue weighted by Crippen LogP contribution is -2.56. The number of ether oxygens (including phenoxy) is 2. The molecule has 0 radical (unpaired) electrons. The van der Waals surface area contributed by atoms with Crippen molar-refractivity contribution >= 4 is 23.5 Å². The molecule has 2 fully saturated rings. The van der Waals surface area contributed by atoms with Gasteiger partial charge in [-0.3, -0.25) is 14.4 Å². The molecule has 1 unspecified atom stereocenters. The minimum atomic E-state index is -1.29. The standard InChI is InChI=1S/C28H34N2O6/c1-4-27-12-9-17-35-26(34)21(27)20-24(32)30(14-5-6-16-31)23-25(33)29(15-8-13-28(20,23)36-27)22-18(2)10-7-11-19(22)3/h7-13,20-21,23,31H,4-6,14-17H2,1-3H3/t20-,21+,23?,27-,28-/m0/s1. The van der Waals surface area contributed by atoms with Crippen molar-refractivity contribution < 1.29 is 29.0 Å². The molecule has 5 rings (SSSR count). The monoisotopic (exact) mass is 494 g/mol. The van der Waals surface area contributed by atoms with Gasteiger partial charge in [0.25, 0.3) is 5.91 Å². The summed E-state index contributed by atoms with van der Waals surface area (Å²) < 4.78 is 12.3. The molecule has 8 heteroatoms. The number of hydrogen-bond donors (Lipinski definition) is 1. The van der Waals surface area contributed by atoms with Crippen LogP contribution in [0.25, 0.3) is 0 Å². The summed E-state index contributed by atoms with van der Waals surface area (Å²) in [4.78, 5) is 45.1. The molecule has 0 aliphatic carbocycles. The van der Waals surface area contributed by atoms with Gasteiger partial charge in [0.2, 0.25) is 5.91 Å². The average Bonchev–Trinajstić information content (AvgIpc) is 3.12. The number of aryl methyl sites for hydroxylation is 2. The first-order valence-corrected chi connectivity index (χ1v) is 12.8. The Morgan fingerprint density at radius 1 is 1.03 bits per heavy atom. The number of fused-ring (bicyclic) bond motifs is 2. The SMILES string of the molecule is CC[C@]12C=CCOC(=O)[C@H]1[C@H]1C(=O)N(CCCCO)C3C(=O)N(c4c(C)cccc4C)CC=C[C@@]31O2. The summed E-state index contributed by atoms with van der Waals surface area (Å²) in [6.07, 6.45) is 8.87. The first-order valence-electron chi connectivity index (χ1n) is 12.8. The maximum atomic E-state index is 14.4. The molecule has 5 atom stereocenters. The smallest absolute Gasteiger partial charge is 0.313 e. The fraction of sp³-hybridized carbons (Fsp3) is 0.536. The highest BCUT2D eigenvalue weighted by atomic mass is 16.6. The van der Waals surface area contributed by atoms with E-state index in [4.69, 9.17) is 9.47 Å². The normalized spacial score (nSPS) is 33.2. The molecule has 1 aromatic rings. The number of para-hydroxylation sites is 1. The van der Waals surface area contributed by atoms with Crippen molar-refractivity contribution in [1.82, 2.24) is 4.90 Å². The molecule has 1 N–H and O–H groups in total. The number of likely N-dealkylation sites (tertiary alicyclic amines) is 1. The van der Waals surface area contributed by atoms with Crippen LogP contribution >= 0.6 is 0 Å². The number of anilines is 1. The predicted molar refractivity (Wildman–Crippen MR) is 133 cm³/mol. The van der Waals surface area contributed by atoms with Gasteiger partial charge in [-0.25, -0.2) is 0 Å². The number of unbranched alkanes of at least 4 members (excludes halogenated alkanes) is 1. The molecule has 192 valence electrons. The number of hydrogen-bond acceptors (Lipinski definition) is 6. The molecular weight excluding hydrogens is 460 g/mol. The number of aliphatic hydroxyl groups is 1. The largest absolute Gasteiger partial charge is 0.461 e. The molecule has 4 aliphatic heterocycles. The van der Waals surface area contributed by atoms with Crippen LogP contribution in [0.1, 0.15) is 37.3 Å². The molecule has 36 heavy (non-hydrogen) atoms. The minimum absolute atomic E-state index is 0.00115. The first-order chi connectivity index (χ1) is 17.3. The maximum absolute atomic E-state index is 14.4. The van der Waals surface area contributed by atoms with Gasteiger partial charge in [0.15, 0.2) is 0 Å². The molecule has 4 aliphatic rings. The van der Waals surface area contributed by atoms with Gasteiger partial charge in [0.05, 0.1) is 5.92 Å². The van der Waals surface area contributed by atoms with Crippen molar-refractivity contribution in [3.63, 3.8) is 0 Å². The third-order valence-corrected chi connectivity index (χ3v) is 8.21. The highest BCUT2D eigenvalue weighted by Crippen LogP contribution is 2.58. The van der Waals surface area contributed by atoms with E-state index in [2.05, 4.69) is 0 Å². The number of carbonyl (C=O) groups is 3. The van der Waals surface area contributed by atoms with E-state index >= 15 is 0 Å². The molecular formula is C28H34N2O6. The summed E-state index contributed by atoms with van der Waals surface area (Å²) >= 11 is 0. The molecule has 2 saturated heterocycles. The molecule has 2 amide bonds. The second kappa shape index (κ2) is 9.16. The Bertz CT molecular complexity index is 1120. The van der Waals surface area contributed by atoms with Crippen molar-refractivity contribution in [2.45, 2.75) is 57.3 Å². The van der Waals surface area contributed by atoms with Crippen LogP contribution in [-0.2, 0) is 23.9 Å². The predicted octanol–water partition coefficient (Wildman–Crippen LogP) is 2.45. The molecule has 8 nitrogen and oxygen atoms in total. The Labute approximate surface area is 211 Å². The third kappa shape index (κ3) is 3.45. The van der Waals surface area contributed by atoms with Gasteiger partial charge in [-0.15, -0.1) is 0 Å². The van der Waals surface area contributed by atoms with E-state index in [-0.39, 0.29) is 25.0 Å². The van der Waals surface area contributed by atoms with Crippen molar-refractivity contribution in [2.75, 3.05) is 31.2 Å². The summed E-state index contributed by atoms with van der Waals surface area (Å²) in [7, 11) is 0. The van der Waals surface area contributed by atoms with Crippen LogP contribution in [0, 0.1) is 25.7 Å². The van der Waals surface area contributed by atoms with Gasteiger partial charge < -0.3 is 24.4 Å². The summed E-state index contributed by atoms with van der Waals surface area (Å²) in [5.41, 5.74) is 0.443. The number of cyclic esters (lactones) is 1. The Hall–Kier alpha value is -2.97. The second-order valence-corrected chi connectivity index (χ2v) is 10.2. The van der Waals surface area contributed by atoms with E-state index in [0.717, 1.165) is 16.8 Å². The highest BCUT2D eigenvalue weighted by molar-refractivity contribution is 6.06. The van der Waals surface area contributed by atoms with Gasteiger partial charge in [-0.1, -0.05) is 43.4 Å². The fourth-order valence-corrected chi connectivity index (χ4v) is 6.66. The average molecular weight is 495 g/mol. The van der Waals surface area contributed by atoms with E-state index in [9.17, 15) is 19.5 Å². The summed E-state index contributed by atoms with van der Waals surface area (Å²) in [5.74, 6) is -2.68. The van der Waals surface area contributed by atoms with Gasteiger partial charge in [-0.2, -0.15) is 0 Å². The highest BCUT2D eigenvalue weighted by Gasteiger charge is 2.75. The lowest BCUT2D eigenvalue weighted by molar-refractivity contribution is -0.157. The lowest BCUT2D eigenvalue weighted by atomic mass is 9.73. The summed E-state index contributed by atoms with van der Waals surface area (Å²) in [6, 6.07) is 4.97. The molecule has 0 saturated carbocycles. The van der Waals surface area contributed by atoms with Crippen LogP contribution in [0.5, 0.6) is 0 Å². The third-order valence-electron chi connectivity index (χ3n) is 8.21. The van der Waals surface area contributed by atoms with Crippen molar-refractivity contribution in [3.8, 4) is 0 Å². The number of esters is 1. The zero-order valence-corrected chi connectivity index (χ0v) is 21.1. The van der Waals surface area contributed by atoms with Gasteiger partial charge in [0, 0.05) is 25.4 Å². The van der Waals surface area contributed by atoms with Crippen LogP contribution in [0.15, 0.2) is 42.5 Å². The van der Waals surface area contributed by atoms with E-state index in [1.54, 1.807) is 15.9 Å². The van der Waals surface area contributed by atoms with Crippen molar-refractivity contribution in [3.05, 3.63) is 53.6 Å². The number of carbonyl (C=O) groups excluding carboxylic acids is 3. The number of benzene rings is 1. The number of nitrogens with zero attached hydrogens (tertiary/aromatic N) is 2. The summed E-state index contributed by atoms with van der Waals surface area (Å²) in [6.45, 7) is 6.63. The van der Waals surface area contributed by atoms with E-state index in [0.29, 0.717) is 32.4 Å². The van der Waals surface area contributed by atoms with E-state index in [1.807, 2.05) is 57.2 Å². The van der Waals surface area contributed by atoms with E-state index < -0.39 is 35.0 Å². The van der Waals surface area contributed by atoms with Crippen LogP contribution in [0.3, 0.4) is 0 Å².